The molecule has 0 unspecified atom stereocenters. The Labute approximate surface area is 207 Å². The third-order valence-corrected chi connectivity index (χ3v) is 7.81. The normalized spacial score (nSPS) is 18.5. The van der Waals surface area contributed by atoms with Gasteiger partial charge in [0.05, 0.1) is 36.1 Å². The molecule has 1 fully saturated rings. The summed E-state index contributed by atoms with van der Waals surface area (Å²) in [5, 5.41) is 8.63. The van der Waals surface area contributed by atoms with Crippen LogP contribution in [0.1, 0.15) is 15.9 Å². The minimum Gasteiger partial charge on any atom is -0.379 e. The van der Waals surface area contributed by atoms with Gasteiger partial charge in [0.2, 0.25) is 5.91 Å². The van der Waals surface area contributed by atoms with Crippen molar-refractivity contribution in [2.45, 2.75) is 11.8 Å². The van der Waals surface area contributed by atoms with Crippen molar-refractivity contribution in [3.05, 3.63) is 58.1 Å². The number of hydrogen-bond acceptors (Lipinski definition) is 7. The van der Waals surface area contributed by atoms with Crippen molar-refractivity contribution >= 4 is 49.0 Å². The third-order valence-electron chi connectivity index (χ3n) is 5.70. The molecule has 0 bridgehead atoms. The van der Waals surface area contributed by atoms with Crippen LogP contribution in [-0.2, 0) is 25.1 Å². The van der Waals surface area contributed by atoms with E-state index in [4.69, 9.17) is 4.74 Å². The van der Waals surface area contributed by atoms with E-state index < -0.39 is 21.8 Å². The van der Waals surface area contributed by atoms with Crippen molar-refractivity contribution in [3.63, 3.8) is 0 Å². The highest BCUT2D eigenvalue weighted by Gasteiger charge is 2.30. The topological polar surface area (TPSA) is 117 Å². The molecule has 2 amide bonds. The molecule has 4 rings (SSSR count). The molecule has 11 heteroatoms. The largest absolute Gasteiger partial charge is 0.379 e. The molecule has 1 saturated heterocycles. The number of halogens is 1. The van der Waals surface area contributed by atoms with Crippen LogP contribution in [0.3, 0.4) is 0 Å². The average Bonchev–Trinajstić information content (AvgIpc) is 2.79. The first-order chi connectivity index (χ1) is 16.3. The highest BCUT2D eigenvalue weighted by Crippen LogP contribution is 2.28. The molecular formula is C23H27BrN4O5S. The van der Waals surface area contributed by atoms with Gasteiger partial charge >= 0.3 is 0 Å². The van der Waals surface area contributed by atoms with E-state index in [2.05, 4.69) is 36.8 Å². The lowest BCUT2D eigenvalue weighted by Crippen LogP contribution is -2.44. The standard InChI is InChI=1S/C23H27BrN4O5S/c24-18-3-1-2-16(12-18)14-34(31,32)15-21-23(30)27-20-13-17(4-5-19(20)26-21)22(29)25-6-7-28-8-10-33-11-9-28/h1-5,12-13,21,26H,6-11,14-15H2,(H,25,29)(H,27,30)/t21-/m0/s1. The maximum atomic E-state index is 12.7. The van der Waals surface area contributed by atoms with Gasteiger partial charge in [-0.05, 0) is 35.9 Å². The van der Waals surface area contributed by atoms with Crippen LogP contribution in [-0.4, -0.2) is 76.3 Å². The van der Waals surface area contributed by atoms with Crippen LogP contribution < -0.4 is 16.0 Å². The molecule has 2 aromatic carbocycles. The van der Waals surface area contributed by atoms with E-state index in [1.807, 2.05) is 6.07 Å². The lowest BCUT2D eigenvalue weighted by atomic mass is 10.1. The number of morpholine rings is 1. The number of nitrogens with one attached hydrogen (secondary N) is 3. The number of benzene rings is 2. The number of sulfone groups is 1. The molecule has 182 valence electrons. The van der Waals surface area contributed by atoms with Gasteiger partial charge in [-0.15, -0.1) is 0 Å². The fourth-order valence-corrected chi connectivity index (χ4v) is 5.95. The Morgan fingerprint density at radius 3 is 2.71 bits per heavy atom. The van der Waals surface area contributed by atoms with Crippen LogP contribution in [0.15, 0.2) is 46.9 Å². The molecule has 0 spiro atoms. The molecule has 9 nitrogen and oxygen atoms in total. The summed E-state index contributed by atoms with van der Waals surface area (Å²) in [4.78, 5) is 27.4. The van der Waals surface area contributed by atoms with E-state index in [1.165, 1.54) is 0 Å². The molecule has 2 aliphatic heterocycles. The zero-order chi connectivity index (χ0) is 24.1. The van der Waals surface area contributed by atoms with E-state index in [0.29, 0.717) is 42.3 Å². The first-order valence-corrected chi connectivity index (χ1v) is 13.7. The number of nitrogens with zero attached hydrogens (tertiary/aromatic N) is 1. The second-order valence-corrected chi connectivity index (χ2v) is 11.4. The maximum Gasteiger partial charge on any atom is 0.251 e. The van der Waals surface area contributed by atoms with Gasteiger partial charge in [0.25, 0.3) is 5.91 Å². The van der Waals surface area contributed by atoms with Crippen LogP contribution in [0.2, 0.25) is 0 Å². The molecule has 0 saturated carbocycles. The summed E-state index contributed by atoms with van der Waals surface area (Å²) in [5.74, 6) is -1.18. The van der Waals surface area contributed by atoms with E-state index >= 15 is 0 Å². The summed E-state index contributed by atoms with van der Waals surface area (Å²) >= 11 is 3.34. The number of carbonyl (C=O) groups is 2. The van der Waals surface area contributed by atoms with E-state index in [1.54, 1.807) is 36.4 Å². The maximum absolute atomic E-state index is 12.7. The minimum absolute atomic E-state index is 0.158. The molecule has 34 heavy (non-hydrogen) atoms. The summed E-state index contributed by atoms with van der Waals surface area (Å²) in [6, 6.07) is 11.1. The van der Waals surface area contributed by atoms with Crippen LogP contribution >= 0.6 is 15.9 Å². The Morgan fingerprint density at radius 2 is 1.94 bits per heavy atom. The van der Waals surface area contributed by atoms with Gasteiger partial charge in [0.15, 0.2) is 9.84 Å². The molecule has 2 heterocycles. The monoisotopic (exact) mass is 550 g/mol. The average molecular weight is 551 g/mol. The van der Waals surface area contributed by atoms with E-state index in [0.717, 1.165) is 24.1 Å². The van der Waals surface area contributed by atoms with Gasteiger partial charge in [-0.1, -0.05) is 28.1 Å². The number of amides is 2. The zero-order valence-electron chi connectivity index (χ0n) is 18.6. The van der Waals surface area contributed by atoms with Crippen LogP contribution in [0, 0.1) is 0 Å². The van der Waals surface area contributed by atoms with Gasteiger partial charge < -0.3 is 20.7 Å². The smallest absolute Gasteiger partial charge is 0.251 e. The van der Waals surface area contributed by atoms with Gasteiger partial charge in [-0.2, -0.15) is 0 Å². The van der Waals surface area contributed by atoms with Gasteiger partial charge in [-0.25, -0.2) is 8.42 Å². The summed E-state index contributed by atoms with van der Waals surface area (Å²) in [6.45, 7) is 4.38. The predicted octanol–water partition coefficient (Wildman–Crippen LogP) is 1.86. The molecular weight excluding hydrogens is 524 g/mol. The lowest BCUT2D eigenvalue weighted by Gasteiger charge is -2.27. The number of ether oxygens (including phenoxy) is 1. The van der Waals surface area contributed by atoms with Gasteiger partial charge in [0, 0.05) is 36.2 Å². The predicted molar refractivity (Wildman–Crippen MR) is 134 cm³/mol. The Bertz CT molecular complexity index is 1170. The van der Waals surface area contributed by atoms with E-state index in [9.17, 15) is 18.0 Å². The third kappa shape index (κ3) is 6.56. The highest BCUT2D eigenvalue weighted by molar-refractivity contribution is 9.10. The van der Waals surface area contributed by atoms with Crippen LogP contribution in [0.25, 0.3) is 0 Å². The fraction of sp³-hybridized carbons (Fsp3) is 0.391. The SMILES string of the molecule is O=C(NCCN1CCOCC1)c1ccc2c(c1)NC(=O)[C@H](CS(=O)(=O)Cc1cccc(Br)c1)N2. The number of fused-ring (bicyclic) bond motifs is 1. The summed E-state index contributed by atoms with van der Waals surface area (Å²) in [5.41, 5.74) is 2.09. The number of carbonyl (C=O) groups excluding carboxylic acids is 2. The number of hydrogen-bond donors (Lipinski definition) is 3. The summed E-state index contributed by atoms with van der Waals surface area (Å²) < 4.78 is 31.5. The highest BCUT2D eigenvalue weighted by atomic mass is 79.9. The molecule has 0 aromatic heterocycles. The summed E-state index contributed by atoms with van der Waals surface area (Å²) in [6.07, 6.45) is 0. The Kier molecular flexibility index (Phi) is 7.87. The van der Waals surface area contributed by atoms with Crippen LogP contribution in [0.4, 0.5) is 11.4 Å². The molecule has 1 atom stereocenters. The Morgan fingerprint density at radius 1 is 1.15 bits per heavy atom. The molecule has 2 aliphatic rings. The first kappa shape index (κ1) is 24.6. The van der Waals surface area contributed by atoms with Crippen molar-refractivity contribution in [3.8, 4) is 0 Å². The molecule has 0 radical (unpaired) electrons. The van der Waals surface area contributed by atoms with Crippen molar-refractivity contribution < 1.29 is 22.7 Å². The van der Waals surface area contributed by atoms with Crippen LogP contribution in [0.5, 0.6) is 0 Å². The summed E-state index contributed by atoms with van der Waals surface area (Å²) in [7, 11) is -3.55. The van der Waals surface area contributed by atoms with Gasteiger partial charge in [0.1, 0.15) is 6.04 Å². The fourth-order valence-electron chi connectivity index (χ4n) is 3.95. The Balaban J connectivity index is 1.34. The molecule has 3 N–H and O–H groups in total. The zero-order valence-corrected chi connectivity index (χ0v) is 21.0. The van der Waals surface area contributed by atoms with Gasteiger partial charge in [-0.3, -0.25) is 14.5 Å². The van der Waals surface area contributed by atoms with Crippen molar-refractivity contribution in [2.75, 3.05) is 55.8 Å². The second-order valence-electron chi connectivity index (χ2n) is 8.34. The lowest BCUT2D eigenvalue weighted by molar-refractivity contribution is -0.116. The minimum atomic E-state index is -3.55. The quantitative estimate of drug-likeness (QED) is 0.459. The van der Waals surface area contributed by atoms with Crippen molar-refractivity contribution in [1.82, 2.24) is 10.2 Å². The first-order valence-electron chi connectivity index (χ1n) is 11.0. The second kappa shape index (κ2) is 10.9. The number of anilines is 2. The molecule has 2 aromatic rings. The molecule has 0 aliphatic carbocycles. The Hall–Kier alpha value is -2.47. The van der Waals surface area contributed by atoms with Crippen molar-refractivity contribution in [1.29, 1.82) is 0 Å². The van der Waals surface area contributed by atoms with Crippen molar-refractivity contribution in [2.24, 2.45) is 0 Å². The van der Waals surface area contributed by atoms with E-state index in [-0.39, 0.29) is 17.4 Å². The number of rotatable bonds is 8.